The molecule has 0 aliphatic heterocycles. The van der Waals surface area contributed by atoms with E-state index < -0.39 is 5.56 Å². The fraction of sp³-hybridized carbons (Fsp3) is 0.158. The van der Waals surface area contributed by atoms with E-state index in [1.54, 1.807) is 18.2 Å². The second kappa shape index (κ2) is 5.85. The monoisotopic (exact) mass is 320 g/mol. The van der Waals surface area contributed by atoms with Gasteiger partial charge in [-0.05, 0) is 48.2 Å². The molecule has 2 N–H and O–H groups in total. The second-order valence-corrected chi connectivity index (χ2v) is 5.86. The van der Waals surface area contributed by atoms with Gasteiger partial charge < -0.3 is 14.7 Å². The minimum Gasteiger partial charge on any atom is -0.463 e. The van der Waals surface area contributed by atoms with Crippen molar-refractivity contribution < 1.29 is 9.21 Å². The lowest BCUT2D eigenvalue weighted by Crippen LogP contribution is -2.31. The predicted octanol–water partition coefficient (Wildman–Crippen LogP) is 3.05. The van der Waals surface area contributed by atoms with Gasteiger partial charge >= 0.3 is 0 Å². The van der Waals surface area contributed by atoms with Gasteiger partial charge in [-0.15, -0.1) is 0 Å². The normalized spacial score (nSPS) is 15.9. The highest BCUT2D eigenvalue weighted by atomic mass is 16.3. The van der Waals surface area contributed by atoms with Crippen molar-refractivity contribution in [2.45, 2.75) is 18.9 Å². The first-order valence-corrected chi connectivity index (χ1v) is 7.88. The van der Waals surface area contributed by atoms with E-state index in [0.29, 0.717) is 11.5 Å². The largest absolute Gasteiger partial charge is 0.463 e. The van der Waals surface area contributed by atoms with Gasteiger partial charge in [-0.1, -0.05) is 24.3 Å². The summed E-state index contributed by atoms with van der Waals surface area (Å²) < 4.78 is 5.25. The molecule has 0 saturated carbocycles. The van der Waals surface area contributed by atoms with Gasteiger partial charge in [-0.25, -0.2) is 0 Å². The zero-order chi connectivity index (χ0) is 16.5. The molecule has 120 valence electrons. The lowest BCUT2D eigenvalue weighted by Gasteiger charge is -2.14. The molecule has 1 aromatic carbocycles. The number of amides is 1. The van der Waals surface area contributed by atoms with Crippen LogP contribution in [0.25, 0.3) is 11.5 Å². The molecule has 0 spiro atoms. The van der Waals surface area contributed by atoms with Gasteiger partial charge in [0.05, 0.1) is 18.0 Å². The molecule has 1 atom stereocenters. The van der Waals surface area contributed by atoms with Crippen molar-refractivity contribution in [3.8, 4) is 11.5 Å². The first kappa shape index (κ1) is 14.5. The van der Waals surface area contributed by atoms with Crippen LogP contribution in [0.5, 0.6) is 0 Å². The third-order valence-corrected chi connectivity index (χ3v) is 4.38. The van der Waals surface area contributed by atoms with Crippen molar-refractivity contribution >= 4 is 5.91 Å². The zero-order valence-corrected chi connectivity index (χ0v) is 12.9. The van der Waals surface area contributed by atoms with Crippen molar-refractivity contribution in [3.63, 3.8) is 0 Å². The van der Waals surface area contributed by atoms with Gasteiger partial charge in [0.2, 0.25) is 0 Å². The Labute approximate surface area is 138 Å². The molecule has 0 fully saturated rings. The van der Waals surface area contributed by atoms with Gasteiger partial charge in [0.1, 0.15) is 11.3 Å². The van der Waals surface area contributed by atoms with Crippen LogP contribution >= 0.6 is 0 Å². The average Bonchev–Trinajstić information content (AvgIpc) is 3.25. The average molecular weight is 320 g/mol. The maximum atomic E-state index is 12.5. The number of carbonyl (C=O) groups excluding carboxylic acids is 1. The highest BCUT2D eigenvalue weighted by Gasteiger charge is 2.24. The number of aromatic nitrogens is 1. The van der Waals surface area contributed by atoms with E-state index in [-0.39, 0.29) is 17.5 Å². The summed E-state index contributed by atoms with van der Waals surface area (Å²) in [5, 5.41) is 2.96. The van der Waals surface area contributed by atoms with Gasteiger partial charge in [0.25, 0.3) is 11.5 Å². The Balaban J connectivity index is 1.56. The maximum Gasteiger partial charge on any atom is 0.261 e. The van der Waals surface area contributed by atoms with Crippen molar-refractivity contribution in [2.24, 2.45) is 0 Å². The molecule has 2 aromatic heterocycles. The summed E-state index contributed by atoms with van der Waals surface area (Å²) in [6.07, 6.45) is 3.33. The third kappa shape index (κ3) is 2.54. The van der Waals surface area contributed by atoms with Gasteiger partial charge in [0.15, 0.2) is 0 Å². The number of H-pyrrole nitrogens is 1. The molecule has 4 rings (SSSR count). The molecule has 3 aromatic rings. The third-order valence-electron chi connectivity index (χ3n) is 4.38. The van der Waals surface area contributed by atoms with Crippen LogP contribution in [0.4, 0.5) is 0 Å². The van der Waals surface area contributed by atoms with E-state index in [1.165, 1.54) is 17.9 Å². The molecule has 5 heteroatoms. The number of fused-ring (bicyclic) bond motifs is 1. The molecular formula is C19H16N2O3. The van der Waals surface area contributed by atoms with E-state index in [1.807, 2.05) is 18.2 Å². The fourth-order valence-electron chi connectivity index (χ4n) is 3.17. The van der Waals surface area contributed by atoms with E-state index in [0.717, 1.165) is 18.4 Å². The summed E-state index contributed by atoms with van der Waals surface area (Å²) >= 11 is 0. The summed E-state index contributed by atoms with van der Waals surface area (Å²) in [4.78, 5) is 27.4. The lowest BCUT2D eigenvalue weighted by molar-refractivity contribution is 0.0935. The number of aryl methyl sites for hydroxylation is 1. The SMILES string of the molecule is O=C(NC1CCc2ccccc21)c1ccc(-c2ccco2)[nH]c1=O. The second-order valence-electron chi connectivity index (χ2n) is 5.86. The maximum absolute atomic E-state index is 12.5. The van der Waals surface area contributed by atoms with E-state index in [2.05, 4.69) is 16.4 Å². The molecule has 1 aliphatic rings. The first-order valence-electron chi connectivity index (χ1n) is 7.88. The van der Waals surface area contributed by atoms with E-state index in [9.17, 15) is 9.59 Å². The number of carbonyl (C=O) groups is 1. The molecule has 1 amide bonds. The molecular weight excluding hydrogens is 304 g/mol. The van der Waals surface area contributed by atoms with Crippen LogP contribution in [0.15, 0.2) is 64.0 Å². The zero-order valence-electron chi connectivity index (χ0n) is 12.9. The molecule has 24 heavy (non-hydrogen) atoms. The van der Waals surface area contributed by atoms with Crippen LogP contribution in [-0.2, 0) is 6.42 Å². The Bertz CT molecular complexity index is 941. The van der Waals surface area contributed by atoms with Crippen molar-refractivity contribution in [1.82, 2.24) is 10.3 Å². The number of furan rings is 1. The van der Waals surface area contributed by atoms with Gasteiger partial charge in [-0.2, -0.15) is 0 Å². The van der Waals surface area contributed by atoms with Crippen molar-refractivity contribution in [2.75, 3.05) is 0 Å². The van der Waals surface area contributed by atoms with Crippen LogP contribution in [0.2, 0.25) is 0 Å². The summed E-state index contributed by atoms with van der Waals surface area (Å²) in [7, 11) is 0. The Morgan fingerprint density at radius 3 is 2.79 bits per heavy atom. The molecule has 2 heterocycles. The Hall–Kier alpha value is -3.08. The lowest BCUT2D eigenvalue weighted by atomic mass is 10.1. The van der Waals surface area contributed by atoms with E-state index >= 15 is 0 Å². The van der Waals surface area contributed by atoms with Crippen LogP contribution in [-0.4, -0.2) is 10.9 Å². The predicted molar refractivity (Wildman–Crippen MR) is 89.7 cm³/mol. The van der Waals surface area contributed by atoms with E-state index in [4.69, 9.17) is 4.42 Å². The van der Waals surface area contributed by atoms with Crippen molar-refractivity contribution in [1.29, 1.82) is 0 Å². The highest BCUT2D eigenvalue weighted by molar-refractivity contribution is 5.94. The molecule has 5 nitrogen and oxygen atoms in total. The number of hydrogen-bond acceptors (Lipinski definition) is 3. The topological polar surface area (TPSA) is 75.1 Å². The minimum atomic E-state index is -0.423. The molecule has 0 bridgehead atoms. The standard InChI is InChI=1S/C19H16N2O3/c22-18(20-15-9-7-12-4-1-2-5-13(12)15)14-8-10-16(21-19(14)23)17-6-3-11-24-17/h1-6,8,10-11,15H,7,9H2,(H,20,22)(H,21,23). The number of aromatic amines is 1. The number of pyridine rings is 1. The first-order chi connectivity index (χ1) is 11.7. The summed E-state index contributed by atoms with van der Waals surface area (Å²) in [6.45, 7) is 0. The van der Waals surface area contributed by atoms with Gasteiger partial charge in [-0.3, -0.25) is 9.59 Å². The van der Waals surface area contributed by atoms with Crippen LogP contribution in [0.1, 0.15) is 33.9 Å². The molecule has 1 aliphatic carbocycles. The van der Waals surface area contributed by atoms with Crippen LogP contribution < -0.4 is 10.9 Å². The number of hydrogen-bond donors (Lipinski definition) is 2. The fourth-order valence-corrected chi connectivity index (χ4v) is 3.17. The van der Waals surface area contributed by atoms with Crippen molar-refractivity contribution in [3.05, 3.63) is 81.8 Å². The number of benzene rings is 1. The summed E-state index contributed by atoms with van der Waals surface area (Å²) in [5.41, 5.74) is 2.62. The summed E-state index contributed by atoms with van der Waals surface area (Å²) in [5.74, 6) is 0.202. The minimum absolute atomic E-state index is 0.0437. The molecule has 0 saturated heterocycles. The van der Waals surface area contributed by atoms with Crippen LogP contribution in [0.3, 0.4) is 0 Å². The van der Waals surface area contributed by atoms with Gasteiger partial charge in [0, 0.05) is 0 Å². The van der Waals surface area contributed by atoms with Crippen LogP contribution in [0, 0.1) is 0 Å². The smallest absolute Gasteiger partial charge is 0.261 e. The molecule has 0 radical (unpaired) electrons. The number of rotatable bonds is 3. The Morgan fingerprint density at radius 2 is 2.00 bits per heavy atom. The quantitative estimate of drug-likeness (QED) is 0.779. The highest BCUT2D eigenvalue weighted by Crippen LogP contribution is 2.30. The Kier molecular flexibility index (Phi) is 3.54. The summed E-state index contributed by atoms with van der Waals surface area (Å²) in [6, 6.07) is 14.7. The number of nitrogens with one attached hydrogen (secondary N) is 2. The Morgan fingerprint density at radius 1 is 1.12 bits per heavy atom. The molecule has 1 unspecified atom stereocenters.